The first kappa shape index (κ1) is 28.2. The molecule has 0 aliphatic carbocycles. The maximum Gasteiger partial charge on any atom is 0.259 e. The van der Waals surface area contributed by atoms with Crippen LogP contribution < -0.4 is 19.5 Å². The minimum atomic E-state index is -3.60. The van der Waals surface area contributed by atoms with Gasteiger partial charge in [-0.25, -0.2) is 18.1 Å². The fraction of sp³-hybridized carbons (Fsp3) is 0.286. The zero-order valence-corrected chi connectivity index (χ0v) is 23.5. The molecular formula is C28H30N6O6S. The number of amides is 1. The van der Waals surface area contributed by atoms with Crippen LogP contribution in [-0.4, -0.2) is 82.6 Å². The molecule has 1 amide bonds. The number of fused-ring (bicyclic) bond motifs is 3. The lowest BCUT2D eigenvalue weighted by Crippen LogP contribution is -2.47. The van der Waals surface area contributed by atoms with Crippen molar-refractivity contribution in [2.45, 2.75) is 11.8 Å². The molecule has 0 saturated carbocycles. The molecule has 1 aromatic heterocycles. The Bertz CT molecular complexity index is 1580. The lowest BCUT2D eigenvalue weighted by Gasteiger charge is -2.28. The summed E-state index contributed by atoms with van der Waals surface area (Å²) in [6, 6.07) is 13.6. The van der Waals surface area contributed by atoms with Crippen molar-refractivity contribution < 1.29 is 27.4 Å². The van der Waals surface area contributed by atoms with Crippen molar-refractivity contribution in [3.8, 4) is 11.5 Å². The van der Waals surface area contributed by atoms with Crippen LogP contribution in [0.1, 0.15) is 21.5 Å². The standard InChI is InChI=1S/C28H30N6O6S/c1-19-5-7-21(8-6-19)41(36,37)31-13-15-39-16-17-40-23-10-9-22-24(25(23)38-2)32-28(34-14-12-30-26(22)34)33-27(35)20-4-3-11-29-18-20/h3-11,18,31H,12-17H2,1-2H3,(H,32,33,35). The highest BCUT2D eigenvalue weighted by molar-refractivity contribution is 7.89. The van der Waals surface area contributed by atoms with Crippen molar-refractivity contribution in [1.82, 2.24) is 19.9 Å². The summed E-state index contributed by atoms with van der Waals surface area (Å²) in [6.45, 7) is 3.76. The number of carbonyl (C=O) groups excluding carboxylic acids is 1. The summed E-state index contributed by atoms with van der Waals surface area (Å²) in [5.74, 6) is 1.54. The third kappa shape index (κ3) is 6.37. The van der Waals surface area contributed by atoms with Crippen LogP contribution in [-0.2, 0) is 14.8 Å². The highest BCUT2D eigenvalue weighted by Crippen LogP contribution is 2.43. The molecule has 13 heteroatoms. The number of nitrogens with zero attached hydrogens (tertiary/aromatic N) is 4. The van der Waals surface area contributed by atoms with Gasteiger partial charge in [0.2, 0.25) is 16.0 Å². The number of hydrogen-bond donors (Lipinski definition) is 2. The normalized spacial score (nSPS) is 14.0. The van der Waals surface area contributed by atoms with Gasteiger partial charge in [-0.2, -0.15) is 0 Å². The number of hydrogen-bond acceptors (Lipinski definition) is 10. The molecule has 0 unspecified atom stereocenters. The second kappa shape index (κ2) is 12.5. The Morgan fingerprint density at radius 1 is 1.07 bits per heavy atom. The molecule has 3 aromatic rings. The van der Waals surface area contributed by atoms with Crippen LogP contribution >= 0.6 is 0 Å². The number of pyridine rings is 1. The molecule has 2 aliphatic heterocycles. The number of sulfonamides is 1. The number of ether oxygens (including phenoxy) is 3. The van der Waals surface area contributed by atoms with Gasteiger partial charge in [0.15, 0.2) is 11.5 Å². The van der Waals surface area contributed by atoms with Crippen molar-refractivity contribution in [3.63, 3.8) is 0 Å². The van der Waals surface area contributed by atoms with Gasteiger partial charge in [0.05, 0.1) is 37.3 Å². The topological polar surface area (TPSA) is 144 Å². The van der Waals surface area contributed by atoms with E-state index in [0.717, 1.165) is 11.1 Å². The molecule has 3 heterocycles. The largest absolute Gasteiger partial charge is 0.491 e. The number of amidine groups is 1. The Morgan fingerprint density at radius 3 is 2.66 bits per heavy atom. The van der Waals surface area contributed by atoms with E-state index in [1.807, 2.05) is 17.9 Å². The van der Waals surface area contributed by atoms with E-state index in [-0.39, 0.29) is 37.2 Å². The quantitative estimate of drug-likeness (QED) is 0.330. The average Bonchev–Trinajstić information content (AvgIpc) is 3.48. The van der Waals surface area contributed by atoms with Crippen LogP contribution in [0.3, 0.4) is 0 Å². The fourth-order valence-corrected chi connectivity index (χ4v) is 5.35. The van der Waals surface area contributed by atoms with Crippen LogP contribution in [0.15, 0.2) is 75.8 Å². The summed E-state index contributed by atoms with van der Waals surface area (Å²) >= 11 is 0. The number of aromatic nitrogens is 1. The number of methoxy groups -OCH3 is 1. The summed E-state index contributed by atoms with van der Waals surface area (Å²) < 4.78 is 44.4. The Morgan fingerprint density at radius 2 is 1.90 bits per heavy atom. The average molecular weight is 579 g/mol. The third-order valence-corrected chi connectivity index (χ3v) is 7.84. The van der Waals surface area contributed by atoms with Crippen LogP contribution in [0.2, 0.25) is 0 Å². The molecule has 214 valence electrons. The summed E-state index contributed by atoms with van der Waals surface area (Å²) in [4.78, 5) is 28.2. The molecule has 0 radical (unpaired) electrons. The zero-order valence-electron chi connectivity index (χ0n) is 22.7. The van der Waals surface area contributed by atoms with E-state index in [2.05, 4.69) is 20.0 Å². The highest BCUT2D eigenvalue weighted by atomic mass is 32.2. The summed E-state index contributed by atoms with van der Waals surface area (Å²) in [6.07, 6.45) is 3.08. The van der Waals surface area contributed by atoms with Gasteiger partial charge in [-0.3, -0.25) is 25.0 Å². The minimum Gasteiger partial charge on any atom is -0.491 e. The van der Waals surface area contributed by atoms with Gasteiger partial charge in [-0.15, -0.1) is 0 Å². The second-order valence-corrected chi connectivity index (χ2v) is 10.9. The van der Waals surface area contributed by atoms with E-state index >= 15 is 0 Å². The van der Waals surface area contributed by atoms with Crippen molar-refractivity contribution in [2.24, 2.45) is 9.98 Å². The smallest absolute Gasteiger partial charge is 0.259 e. The Kier molecular flexibility index (Phi) is 8.57. The number of carbonyl (C=O) groups is 1. The second-order valence-electron chi connectivity index (χ2n) is 9.15. The maximum atomic E-state index is 12.8. The lowest BCUT2D eigenvalue weighted by molar-refractivity contribution is 0.0973. The molecule has 5 rings (SSSR count). The van der Waals surface area contributed by atoms with Crippen LogP contribution in [0, 0.1) is 6.92 Å². The summed E-state index contributed by atoms with van der Waals surface area (Å²) in [5.41, 5.74) is 2.65. The molecule has 0 bridgehead atoms. The fourth-order valence-electron chi connectivity index (χ4n) is 4.33. The monoisotopic (exact) mass is 578 g/mol. The number of rotatable bonds is 11. The van der Waals surface area contributed by atoms with Crippen molar-refractivity contribution in [3.05, 3.63) is 77.6 Å². The predicted molar refractivity (Wildman–Crippen MR) is 153 cm³/mol. The van der Waals surface area contributed by atoms with E-state index in [4.69, 9.17) is 19.2 Å². The molecule has 41 heavy (non-hydrogen) atoms. The number of aliphatic imine (C=N–C) groups is 2. The molecule has 0 spiro atoms. The molecule has 0 atom stereocenters. The molecule has 2 N–H and O–H groups in total. The van der Waals surface area contributed by atoms with Crippen molar-refractivity contribution in [1.29, 1.82) is 0 Å². The van der Waals surface area contributed by atoms with Gasteiger partial charge in [-0.1, -0.05) is 17.7 Å². The van der Waals surface area contributed by atoms with Crippen LogP contribution in [0.4, 0.5) is 5.69 Å². The predicted octanol–water partition coefficient (Wildman–Crippen LogP) is 2.27. The van der Waals surface area contributed by atoms with E-state index in [1.165, 1.54) is 13.3 Å². The van der Waals surface area contributed by atoms with Crippen LogP contribution in [0.5, 0.6) is 11.5 Å². The molecule has 0 fully saturated rings. The van der Waals surface area contributed by atoms with Gasteiger partial charge in [-0.05, 0) is 43.3 Å². The van der Waals surface area contributed by atoms with Gasteiger partial charge >= 0.3 is 0 Å². The number of nitrogens with one attached hydrogen (secondary N) is 2. The summed E-state index contributed by atoms with van der Waals surface area (Å²) in [5, 5.41) is 2.86. The minimum absolute atomic E-state index is 0.124. The first-order valence-corrected chi connectivity index (χ1v) is 14.5. The number of guanidine groups is 1. The van der Waals surface area contributed by atoms with Gasteiger partial charge in [0, 0.05) is 31.0 Å². The van der Waals surface area contributed by atoms with Gasteiger partial charge < -0.3 is 14.2 Å². The summed E-state index contributed by atoms with van der Waals surface area (Å²) in [7, 11) is -2.08. The molecule has 0 saturated heterocycles. The number of aryl methyl sites for hydroxylation is 1. The molecule has 2 aliphatic rings. The third-order valence-electron chi connectivity index (χ3n) is 6.36. The number of benzene rings is 2. The van der Waals surface area contributed by atoms with Crippen molar-refractivity contribution >= 4 is 33.4 Å². The molecule has 2 aromatic carbocycles. The lowest BCUT2D eigenvalue weighted by atomic mass is 10.1. The highest BCUT2D eigenvalue weighted by Gasteiger charge is 2.33. The van der Waals surface area contributed by atoms with E-state index in [1.54, 1.807) is 48.7 Å². The van der Waals surface area contributed by atoms with Gasteiger partial charge in [0.1, 0.15) is 18.1 Å². The zero-order chi connectivity index (χ0) is 28.8. The Hall–Kier alpha value is -4.33. The molecular weight excluding hydrogens is 548 g/mol. The first-order valence-electron chi connectivity index (χ1n) is 13.0. The molecule has 12 nitrogen and oxygen atoms in total. The van der Waals surface area contributed by atoms with Crippen molar-refractivity contribution in [2.75, 3.05) is 46.6 Å². The Balaban J connectivity index is 1.20. The first-order chi connectivity index (χ1) is 19.9. The van der Waals surface area contributed by atoms with Gasteiger partial charge in [0.25, 0.3) is 5.91 Å². The van der Waals surface area contributed by atoms with E-state index in [0.29, 0.717) is 47.6 Å². The van der Waals surface area contributed by atoms with E-state index < -0.39 is 10.0 Å². The van der Waals surface area contributed by atoms with Crippen LogP contribution in [0.25, 0.3) is 0 Å². The SMILES string of the molecule is COc1c(OCCOCCNS(=O)(=O)c2ccc(C)cc2)ccc2c1N=C(NC(=O)c1cccnc1)N1CCN=C21. The van der Waals surface area contributed by atoms with E-state index in [9.17, 15) is 13.2 Å². The Labute approximate surface area is 238 Å². The maximum absolute atomic E-state index is 12.8.